The summed E-state index contributed by atoms with van der Waals surface area (Å²) in [5.41, 5.74) is 3.30. The lowest BCUT2D eigenvalue weighted by Crippen LogP contribution is -2.27. The van der Waals surface area contributed by atoms with Crippen molar-refractivity contribution in [2.45, 2.75) is 25.7 Å². The van der Waals surface area contributed by atoms with Gasteiger partial charge in [0.25, 0.3) is 5.91 Å². The fourth-order valence-electron chi connectivity index (χ4n) is 3.35. The van der Waals surface area contributed by atoms with E-state index in [1.807, 2.05) is 6.07 Å². The molecule has 0 aliphatic carbocycles. The fourth-order valence-corrected chi connectivity index (χ4v) is 3.35. The highest BCUT2D eigenvalue weighted by Gasteiger charge is 2.14. The van der Waals surface area contributed by atoms with Gasteiger partial charge in [0, 0.05) is 36.5 Å². The van der Waals surface area contributed by atoms with E-state index in [2.05, 4.69) is 10.2 Å². The summed E-state index contributed by atoms with van der Waals surface area (Å²) < 4.78 is 23.5. The minimum atomic E-state index is -0.256. The van der Waals surface area contributed by atoms with Gasteiger partial charge < -0.3 is 14.4 Å². The largest absolute Gasteiger partial charge is 0.497 e. The molecule has 0 saturated carbocycles. The Morgan fingerprint density at radius 2 is 1.68 bits per heavy atom. The molecule has 7 heteroatoms. The normalized spacial score (nSPS) is 10.7. The summed E-state index contributed by atoms with van der Waals surface area (Å²) in [4.78, 5) is 14.4. The average molecular weight is 426 g/mol. The van der Waals surface area contributed by atoms with Crippen molar-refractivity contribution in [3.8, 4) is 22.8 Å². The van der Waals surface area contributed by atoms with Crippen molar-refractivity contribution in [2.75, 3.05) is 27.8 Å². The van der Waals surface area contributed by atoms with E-state index in [0.29, 0.717) is 23.6 Å². The number of halogens is 1. The Kier molecular flexibility index (Phi) is 7.65. The summed E-state index contributed by atoms with van der Waals surface area (Å²) in [5, 5.41) is 7.36. The monoisotopic (exact) mass is 425 g/mol. The minimum Gasteiger partial charge on any atom is -0.497 e. The van der Waals surface area contributed by atoms with E-state index < -0.39 is 0 Å². The number of carbonyl (C=O) groups excluding carboxylic acids is 1. The topological polar surface area (TPSA) is 67.5 Å². The number of H-pyrrole nitrogens is 1. The smallest absolute Gasteiger partial charge is 0.253 e. The van der Waals surface area contributed by atoms with Gasteiger partial charge in [-0.2, -0.15) is 5.10 Å². The SMILES string of the molecule is COc1cc(OC)cc(C(=O)N(C)CCCCCc2cc(-c3ccc(F)cc3)n[nH]2)c1. The van der Waals surface area contributed by atoms with Gasteiger partial charge in [-0.25, -0.2) is 4.39 Å². The highest BCUT2D eigenvalue weighted by molar-refractivity contribution is 5.95. The van der Waals surface area contributed by atoms with Gasteiger partial charge in [-0.3, -0.25) is 9.89 Å². The molecule has 0 bridgehead atoms. The first-order valence-corrected chi connectivity index (χ1v) is 10.3. The fraction of sp³-hybridized carbons (Fsp3) is 0.333. The third-order valence-electron chi connectivity index (χ3n) is 5.16. The van der Waals surface area contributed by atoms with Crippen molar-refractivity contribution >= 4 is 5.91 Å². The summed E-state index contributed by atoms with van der Waals surface area (Å²) >= 11 is 0. The Morgan fingerprint density at radius 3 is 2.32 bits per heavy atom. The molecule has 1 N–H and O–H groups in total. The van der Waals surface area contributed by atoms with Crippen molar-refractivity contribution < 1.29 is 18.7 Å². The maximum Gasteiger partial charge on any atom is 0.253 e. The lowest BCUT2D eigenvalue weighted by Gasteiger charge is -2.18. The Hall–Kier alpha value is -3.35. The van der Waals surface area contributed by atoms with Crippen LogP contribution in [-0.4, -0.2) is 48.8 Å². The zero-order valence-corrected chi connectivity index (χ0v) is 18.2. The maximum absolute atomic E-state index is 13.1. The van der Waals surface area contributed by atoms with Crippen LogP contribution in [0.2, 0.25) is 0 Å². The van der Waals surface area contributed by atoms with Crippen LogP contribution in [0.25, 0.3) is 11.3 Å². The van der Waals surface area contributed by atoms with Crippen LogP contribution in [0.15, 0.2) is 48.5 Å². The number of methoxy groups -OCH3 is 2. The van der Waals surface area contributed by atoms with E-state index >= 15 is 0 Å². The molecule has 0 saturated heterocycles. The van der Waals surface area contributed by atoms with Crippen LogP contribution in [-0.2, 0) is 6.42 Å². The molecule has 0 atom stereocenters. The Labute approximate surface area is 182 Å². The number of rotatable bonds is 10. The van der Waals surface area contributed by atoms with Gasteiger partial charge in [-0.15, -0.1) is 0 Å². The van der Waals surface area contributed by atoms with E-state index in [4.69, 9.17) is 9.47 Å². The molecule has 0 fully saturated rings. The van der Waals surface area contributed by atoms with Crippen LogP contribution in [0, 0.1) is 5.82 Å². The molecule has 31 heavy (non-hydrogen) atoms. The molecule has 0 spiro atoms. The van der Waals surface area contributed by atoms with Crippen LogP contribution >= 0.6 is 0 Å². The summed E-state index contributed by atoms with van der Waals surface area (Å²) in [7, 11) is 4.93. The number of carbonyl (C=O) groups is 1. The molecule has 3 rings (SSSR count). The van der Waals surface area contributed by atoms with Crippen LogP contribution in [0.5, 0.6) is 11.5 Å². The summed E-state index contributed by atoms with van der Waals surface area (Å²) in [6.45, 7) is 0.669. The third kappa shape index (κ3) is 6.07. The minimum absolute atomic E-state index is 0.0605. The second-order valence-electron chi connectivity index (χ2n) is 7.42. The van der Waals surface area contributed by atoms with Crippen molar-refractivity contribution in [1.82, 2.24) is 15.1 Å². The van der Waals surface area contributed by atoms with Gasteiger partial charge in [0.1, 0.15) is 17.3 Å². The Morgan fingerprint density at radius 1 is 1.00 bits per heavy atom. The number of aromatic amines is 1. The van der Waals surface area contributed by atoms with Gasteiger partial charge in [0.2, 0.25) is 0 Å². The molecule has 1 amide bonds. The molecule has 6 nitrogen and oxygen atoms in total. The lowest BCUT2D eigenvalue weighted by molar-refractivity contribution is 0.0792. The van der Waals surface area contributed by atoms with Gasteiger partial charge in [-0.1, -0.05) is 6.42 Å². The number of ether oxygens (including phenoxy) is 2. The summed E-state index contributed by atoms with van der Waals surface area (Å²) in [6, 6.07) is 13.5. The number of unbranched alkanes of at least 4 members (excludes halogenated alkanes) is 2. The third-order valence-corrected chi connectivity index (χ3v) is 5.16. The second-order valence-corrected chi connectivity index (χ2v) is 7.42. The molecule has 1 heterocycles. The number of benzene rings is 2. The molecule has 0 aliphatic heterocycles. The van der Waals surface area contributed by atoms with Gasteiger partial charge in [-0.05, 0) is 61.7 Å². The maximum atomic E-state index is 13.1. The summed E-state index contributed by atoms with van der Waals surface area (Å²) in [6.07, 6.45) is 3.76. The predicted molar refractivity (Wildman–Crippen MR) is 118 cm³/mol. The molecule has 0 unspecified atom stereocenters. The first kappa shape index (κ1) is 22.3. The van der Waals surface area contributed by atoms with E-state index in [1.54, 1.807) is 56.5 Å². The molecule has 2 aromatic carbocycles. The van der Waals surface area contributed by atoms with Gasteiger partial charge in [0.15, 0.2) is 0 Å². The Balaban J connectivity index is 1.44. The summed E-state index contributed by atoms with van der Waals surface area (Å²) in [5.74, 6) is 0.870. The molecular weight excluding hydrogens is 397 g/mol. The van der Waals surface area contributed by atoms with E-state index in [9.17, 15) is 9.18 Å². The number of aromatic nitrogens is 2. The van der Waals surface area contributed by atoms with Crippen LogP contribution in [0.1, 0.15) is 35.3 Å². The van der Waals surface area contributed by atoms with E-state index in [0.717, 1.165) is 42.6 Å². The number of aryl methyl sites for hydroxylation is 1. The van der Waals surface area contributed by atoms with Crippen LogP contribution < -0.4 is 9.47 Å². The molecule has 0 radical (unpaired) electrons. The Bertz CT molecular complexity index is 979. The predicted octanol–water partition coefficient (Wildman–Crippen LogP) is 4.72. The van der Waals surface area contributed by atoms with Crippen LogP contribution in [0.4, 0.5) is 4.39 Å². The van der Waals surface area contributed by atoms with Crippen LogP contribution in [0.3, 0.4) is 0 Å². The number of hydrogen-bond donors (Lipinski definition) is 1. The quantitative estimate of drug-likeness (QED) is 0.478. The zero-order chi connectivity index (χ0) is 22.2. The lowest BCUT2D eigenvalue weighted by atomic mass is 10.1. The first-order chi connectivity index (χ1) is 15.0. The van der Waals surface area contributed by atoms with Crippen molar-refractivity contribution in [3.63, 3.8) is 0 Å². The van der Waals surface area contributed by atoms with Gasteiger partial charge in [0.05, 0.1) is 19.9 Å². The van der Waals surface area contributed by atoms with Crippen molar-refractivity contribution in [2.24, 2.45) is 0 Å². The van der Waals surface area contributed by atoms with Gasteiger partial charge >= 0.3 is 0 Å². The number of nitrogens with one attached hydrogen (secondary N) is 1. The number of hydrogen-bond acceptors (Lipinski definition) is 4. The highest BCUT2D eigenvalue weighted by Crippen LogP contribution is 2.23. The first-order valence-electron chi connectivity index (χ1n) is 10.3. The van der Waals surface area contributed by atoms with E-state index in [-0.39, 0.29) is 11.7 Å². The standard InChI is InChI=1S/C24H28FN3O3/c1-28(24(29)18-13-21(30-2)16-22(14-18)31-3)12-6-4-5-7-20-15-23(27-26-20)17-8-10-19(25)11-9-17/h8-11,13-16H,4-7,12H2,1-3H3,(H,26,27). The number of amides is 1. The average Bonchev–Trinajstić information content (AvgIpc) is 3.27. The molecular formula is C24H28FN3O3. The highest BCUT2D eigenvalue weighted by atomic mass is 19.1. The second kappa shape index (κ2) is 10.6. The van der Waals surface area contributed by atoms with E-state index in [1.165, 1.54) is 12.1 Å². The zero-order valence-electron chi connectivity index (χ0n) is 18.2. The molecule has 3 aromatic rings. The van der Waals surface area contributed by atoms with Crippen molar-refractivity contribution in [1.29, 1.82) is 0 Å². The van der Waals surface area contributed by atoms with Crippen molar-refractivity contribution in [3.05, 3.63) is 65.6 Å². The number of nitrogens with zero attached hydrogens (tertiary/aromatic N) is 2. The molecule has 0 aliphatic rings. The molecule has 164 valence electrons. The molecule has 1 aromatic heterocycles.